The van der Waals surface area contributed by atoms with Crippen molar-refractivity contribution in [2.24, 2.45) is 0 Å². The van der Waals surface area contributed by atoms with Gasteiger partial charge in [-0.15, -0.1) is 10.1 Å². The average Bonchev–Trinajstić information content (AvgIpc) is 2.52. The number of ether oxygens (including phenoxy) is 2. The predicted molar refractivity (Wildman–Crippen MR) is 86.0 cm³/mol. The molecule has 0 radical (unpaired) electrons. The second kappa shape index (κ2) is 6.81. The predicted octanol–water partition coefficient (Wildman–Crippen LogP) is 3.15. The molecule has 0 unspecified atom stereocenters. The van der Waals surface area contributed by atoms with E-state index in [-0.39, 0.29) is 23.5 Å². The number of halogens is 2. The molecule has 0 saturated carbocycles. The van der Waals surface area contributed by atoms with Crippen molar-refractivity contribution in [3.8, 4) is 23.7 Å². The highest BCUT2D eigenvalue weighted by Crippen LogP contribution is 2.30. The number of nitrogens with zero attached hydrogens (tertiary/aromatic N) is 4. The van der Waals surface area contributed by atoms with E-state index in [9.17, 15) is 4.79 Å². The van der Waals surface area contributed by atoms with Crippen LogP contribution in [0.3, 0.4) is 0 Å². The van der Waals surface area contributed by atoms with E-state index in [0.29, 0.717) is 21.6 Å². The number of nitrogens with one attached hydrogen (secondary N) is 1. The van der Waals surface area contributed by atoms with Crippen LogP contribution in [0.1, 0.15) is 5.82 Å². The van der Waals surface area contributed by atoms with Gasteiger partial charge < -0.3 is 9.47 Å². The number of hydrogen-bond donors (Lipinski definition) is 1. The number of aromatic amines is 1. The quantitative estimate of drug-likeness (QED) is 0.757. The van der Waals surface area contributed by atoms with Crippen molar-refractivity contribution in [2.75, 3.05) is 0 Å². The molecule has 1 N–H and O–H groups in total. The van der Waals surface area contributed by atoms with Crippen LogP contribution in [0, 0.1) is 6.92 Å². The molecule has 3 rings (SSSR count). The number of hydrogen-bond acceptors (Lipinski definition) is 7. The first-order chi connectivity index (χ1) is 11.5. The monoisotopic (exact) mass is 365 g/mol. The van der Waals surface area contributed by atoms with Crippen LogP contribution in [0.25, 0.3) is 0 Å². The van der Waals surface area contributed by atoms with E-state index in [1.54, 1.807) is 19.1 Å². The Kier molecular flexibility index (Phi) is 4.59. The molecule has 1 aromatic carbocycles. The first-order valence-corrected chi connectivity index (χ1v) is 7.34. The molecule has 8 nitrogen and oxygen atoms in total. The molecule has 24 heavy (non-hydrogen) atoms. The minimum absolute atomic E-state index is 0.00820. The van der Waals surface area contributed by atoms with E-state index in [1.165, 1.54) is 18.2 Å². The molecular weight excluding hydrogens is 357 g/mol. The van der Waals surface area contributed by atoms with Crippen LogP contribution >= 0.6 is 23.2 Å². The molecule has 0 saturated heterocycles. The number of H-pyrrole nitrogens is 1. The Hall–Kier alpha value is -2.71. The largest absolute Gasteiger partial charge is 0.423 e. The lowest BCUT2D eigenvalue weighted by Gasteiger charge is -2.08. The third-order valence-corrected chi connectivity index (χ3v) is 3.18. The van der Waals surface area contributed by atoms with Gasteiger partial charge in [0.1, 0.15) is 11.6 Å². The SMILES string of the molecule is Cc1nc(Oc2ccc(=O)[nH]n2)nc(Oc2ccc(Cl)cc2Cl)n1. The van der Waals surface area contributed by atoms with E-state index in [2.05, 4.69) is 25.1 Å². The Morgan fingerprint density at radius 3 is 2.42 bits per heavy atom. The van der Waals surface area contributed by atoms with Gasteiger partial charge in [-0.3, -0.25) is 4.79 Å². The highest BCUT2D eigenvalue weighted by Gasteiger charge is 2.11. The molecule has 0 amide bonds. The van der Waals surface area contributed by atoms with E-state index < -0.39 is 0 Å². The first-order valence-electron chi connectivity index (χ1n) is 6.59. The standard InChI is InChI=1S/C14H9Cl2N5O3/c1-7-17-13(23-10-3-2-8(15)6-9(10)16)19-14(18-7)24-12-5-4-11(22)20-21-12/h2-6H,1H3,(H,20,22). The highest BCUT2D eigenvalue weighted by molar-refractivity contribution is 6.35. The van der Waals surface area contributed by atoms with Gasteiger partial charge in [0.15, 0.2) is 0 Å². The summed E-state index contributed by atoms with van der Waals surface area (Å²) in [4.78, 5) is 23.1. The summed E-state index contributed by atoms with van der Waals surface area (Å²) in [6.07, 6.45) is 0. The molecule has 122 valence electrons. The van der Waals surface area contributed by atoms with Gasteiger partial charge in [0, 0.05) is 17.2 Å². The molecule has 0 aliphatic heterocycles. The molecule has 3 aromatic rings. The van der Waals surface area contributed by atoms with E-state index in [1.807, 2.05) is 0 Å². The molecule has 2 heterocycles. The number of aromatic nitrogens is 5. The molecule has 0 bridgehead atoms. The maximum atomic E-state index is 11.0. The van der Waals surface area contributed by atoms with Crippen molar-refractivity contribution in [3.63, 3.8) is 0 Å². The molecular formula is C14H9Cl2N5O3. The van der Waals surface area contributed by atoms with Gasteiger partial charge in [-0.25, -0.2) is 5.10 Å². The number of rotatable bonds is 4. The van der Waals surface area contributed by atoms with Crippen LogP contribution in [-0.4, -0.2) is 25.1 Å². The third kappa shape index (κ3) is 3.98. The lowest BCUT2D eigenvalue weighted by Crippen LogP contribution is -2.07. The van der Waals surface area contributed by atoms with Gasteiger partial charge in [0.05, 0.1) is 5.02 Å². The van der Waals surface area contributed by atoms with E-state index in [0.717, 1.165) is 0 Å². The summed E-state index contributed by atoms with van der Waals surface area (Å²) in [7, 11) is 0. The summed E-state index contributed by atoms with van der Waals surface area (Å²) in [6.45, 7) is 1.64. The molecule has 0 atom stereocenters. The van der Waals surface area contributed by atoms with Gasteiger partial charge in [-0.2, -0.15) is 9.97 Å². The van der Waals surface area contributed by atoms with E-state index in [4.69, 9.17) is 32.7 Å². The van der Waals surface area contributed by atoms with Gasteiger partial charge in [0.25, 0.3) is 5.56 Å². The van der Waals surface area contributed by atoms with Crippen molar-refractivity contribution >= 4 is 23.2 Å². The third-order valence-electron chi connectivity index (χ3n) is 2.65. The van der Waals surface area contributed by atoms with Crippen molar-refractivity contribution in [2.45, 2.75) is 6.92 Å². The van der Waals surface area contributed by atoms with Crippen LogP contribution in [0.15, 0.2) is 35.1 Å². The van der Waals surface area contributed by atoms with Crippen molar-refractivity contribution in [3.05, 3.63) is 56.6 Å². The molecule has 10 heteroatoms. The Morgan fingerprint density at radius 2 is 1.75 bits per heavy atom. The van der Waals surface area contributed by atoms with Crippen molar-refractivity contribution in [1.82, 2.24) is 25.1 Å². The number of benzene rings is 1. The van der Waals surface area contributed by atoms with Crippen LogP contribution in [-0.2, 0) is 0 Å². The summed E-state index contributed by atoms with van der Waals surface area (Å²) in [6, 6.07) is 7.35. The van der Waals surface area contributed by atoms with Crippen LogP contribution in [0.2, 0.25) is 10.0 Å². The van der Waals surface area contributed by atoms with Gasteiger partial charge >= 0.3 is 12.0 Å². The number of aryl methyl sites for hydroxylation is 1. The minimum Gasteiger partial charge on any atom is -0.423 e. The fourth-order valence-electron chi connectivity index (χ4n) is 1.66. The van der Waals surface area contributed by atoms with Crippen molar-refractivity contribution in [1.29, 1.82) is 0 Å². The zero-order valence-electron chi connectivity index (χ0n) is 12.2. The lowest BCUT2D eigenvalue weighted by molar-refractivity contribution is 0.383. The topological polar surface area (TPSA) is 103 Å². The van der Waals surface area contributed by atoms with Gasteiger partial charge in [-0.05, 0) is 25.1 Å². The summed E-state index contributed by atoms with van der Waals surface area (Å²) in [5.74, 6) is 0.819. The van der Waals surface area contributed by atoms with Crippen LogP contribution in [0.4, 0.5) is 0 Å². The summed E-state index contributed by atoms with van der Waals surface area (Å²) in [5.41, 5.74) is -0.351. The fraction of sp³-hybridized carbons (Fsp3) is 0.0714. The van der Waals surface area contributed by atoms with Crippen LogP contribution < -0.4 is 15.0 Å². The van der Waals surface area contributed by atoms with Crippen LogP contribution in [0.5, 0.6) is 23.7 Å². The highest BCUT2D eigenvalue weighted by atomic mass is 35.5. The maximum Gasteiger partial charge on any atom is 0.329 e. The Bertz CT molecular complexity index is 927. The second-order valence-corrected chi connectivity index (χ2v) is 5.33. The molecule has 2 aromatic heterocycles. The summed E-state index contributed by atoms with van der Waals surface area (Å²) in [5, 5.41) is 6.73. The zero-order chi connectivity index (χ0) is 17.1. The summed E-state index contributed by atoms with van der Waals surface area (Å²) >= 11 is 11.9. The maximum absolute atomic E-state index is 11.0. The average molecular weight is 366 g/mol. The molecule has 0 spiro atoms. The Labute approximate surface area is 145 Å². The smallest absolute Gasteiger partial charge is 0.329 e. The van der Waals surface area contributed by atoms with Gasteiger partial charge in [-0.1, -0.05) is 23.2 Å². The normalized spacial score (nSPS) is 10.5. The first kappa shape index (κ1) is 16.2. The minimum atomic E-state index is -0.351. The second-order valence-electron chi connectivity index (χ2n) is 4.49. The Morgan fingerprint density at radius 1 is 1.00 bits per heavy atom. The molecule has 0 fully saturated rings. The van der Waals surface area contributed by atoms with Crippen molar-refractivity contribution < 1.29 is 9.47 Å². The summed E-state index contributed by atoms with van der Waals surface area (Å²) < 4.78 is 10.9. The fourth-order valence-corrected chi connectivity index (χ4v) is 2.11. The zero-order valence-corrected chi connectivity index (χ0v) is 13.7. The Balaban J connectivity index is 1.85. The molecule has 0 aliphatic rings. The van der Waals surface area contributed by atoms with E-state index >= 15 is 0 Å². The van der Waals surface area contributed by atoms with Gasteiger partial charge in [0.2, 0.25) is 5.88 Å². The molecule has 0 aliphatic carbocycles. The lowest BCUT2D eigenvalue weighted by atomic mass is 10.3.